The minimum atomic E-state index is -0.401. The van der Waals surface area contributed by atoms with Crippen molar-refractivity contribution in [2.75, 3.05) is 11.1 Å². The van der Waals surface area contributed by atoms with E-state index in [1.807, 2.05) is 31.2 Å². The first-order valence-electron chi connectivity index (χ1n) is 5.64. The van der Waals surface area contributed by atoms with Crippen LogP contribution in [0.5, 0.6) is 0 Å². The molecular weight excluding hydrogens is 295 g/mol. The summed E-state index contributed by atoms with van der Waals surface area (Å²) in [6, 6.07) is 12.8. The molecule has 1 atom stereocenters. The summed E-state index contributed by atoms with van der Waals surface area (Å²) < 4.78 is 14.3. The predicted octanol–water partition coefficient (Wildman–Crippen LogP) is 4.34. The van der Waals surface area contributed by atoms with Gasteiger partial charge in [-0.15, -0.1) is 0 Å². The Morgan fingerprint density at radius 2 is 1.94 bits per heavy atom. The molecule has 2 nitrogen and oxygen atoms in total. The Morgan fingerprint density at radius 1 is 1.22 bits per heavy atom. The van der Waals surface area contributed by atoms with E-state index in [1.165, 1.54) is 6.07 Å². The number of nitrogens with two attached hydrogens (primary N) is 1. The van der Waals surface area contributed by atoms with E-state index in [0.717, 1.165) is 10.0 Å². The van der Waals surface area contributed by atoms with Gasteiger partial charge in [-0.05, 0) is 36.8 Å². The molecule has 94 valence electrons. The second-order valence-electron chi connectivity index (χ2n) is 4.12. The van der Waals surface area contributed by atoms with Crippen LogP contribution in [0.3, 0.4) is 0 Å². The Hall–Kier alpha value is -1.55. The molecule has 0 saturated heterocycles. The first-order valence-corrected chi connectivity index (χ1v) is 6.43. The van der Waals surface area contributed by atoms with E-state index in [-0.39, 0.29) is 11.7 Å². The molecular formula is C14H14BrFN2. The first-order chi connectivity index (χ1) is 8.58. The Balaban J connectivity index is 2.21. The summed E-state index contributed by atoms with van der Waals surface area (Å²) in [4.78, 5) is 0. The van der Waals surface area contributed by atoms with E-state index in [0.29, 0.717) is 5.69 Å². The van der Waals surface area contributed by atoms with E-state index in [1.54, 1.807) is 12.1 Å². The third-order valence-electron chi connectivity index (χ3n) is 2.77. The fourth-order valence-electron chi connectivity index (χ4n) is 1.76. The van der Waals surface area contributed by atoms with Crippen LogP contribution >= 0.6 is 15.9 Å². The first kappa shape index (κ1) is 12.9. The summed E-state index contributed by atoms with van der Waals surface area (Å²) in [7, 11) is 0. The summed E-state index contributed by atoms with van der Waals surface area (Å²) in [5, 5.41) is 3.21. The van der Waals surface area contributed by atoms with Gasteiger partial charge < -0.3 is 11.1 Å². The number of hydrogen-bond acceptors (Lipinski definition) is 2. The number of nitrogens with one attached hydrogen (secondary N) is 1. The van der Waals surface area contributed by atoms with Gasteiger partial charge in [-0.3, -0.25) is 0 Å². The molecule has 0 aliphatic rings. The van der Waals surface area contributed by atoms with Crippen LogP contribution in [-0.4, -0.2) is 0 Å². The minimum Gasteiger partial charge on any atom is -0.395 e. The Labute approximate surface area is 114 Å². The average molecular weight is 309 g/mol. The number of benzene rings is 2. The SMILES string of the molecule is CC(Nc1cccc(F)c1N)c1cccc(Br)c1. The smallest absolute Gasteiger partial charge is 0.148 e. The molecule has 0 radical (unpaired) electrons. The quantitative estimate of drug-likeness (QED) is 0.828. The number of nitrogen functional groups attached to an aromatic ring is 1. The van der Waals surface area contributed by atoms with Crippen LogP contribution in [0.25, 0.3) is 0 Å². The average Bonchev–Trinajstić information content (AvgIpc) is 2.35. The fourth-order valence-corrected chi connectivity index (χ4v) is 2.17. The lowest BCUT2D eigenvalue weighted by atomic mass is 10.1. The molecule has 0 aromatic heterocycles. The van der Waals surface area contributed by atoms with E-state index < -0.39 is 5.82 Å². The molecule has 2 aromatic rings. The molecule has 3 N–H and O–H groups in total. The Morgan fingerprint density at radius 3 is 2.67 bits per heavy atom. The molecule has 0 spiro atoms. The third-order valence-corrected chi connectivity index (χ3v) is 3.27. The van der Waals surface area contributed by atoms with Crippen LogP contribution in [0.2, 0.25) is 0 Å². The maximum Gasteiger partial charge on any atom is 0.148 e. The number of halogens is 2. The molecule has 0 amide bonds. The van der Waals surface area contributed by atoms with Gasteiger partial charge in [-0.25, -0.2) is 4.39 Å². The van der Waals surface area contributed by atoms with Crippen molar-refractivity contribution in [3.8, 4) is 0 Å². The van der Waals surface area contributed by atoms with Gasteiger partial charge in [-0.1, -0.05) is 34.1 Å². The highest BCUT2D eigenvalue weighted by atomic mass is 79.9. The van der Waals surface area contributed by atoms with Gasteiger partial charge in [0.1, 0.15) is 5.82 Å². The highest BCUT2D eigenvalue weighted by Gasteiger charge is 2.09. The Kier molecular flexibility index (Phi) is 3.87. The summed E-state index contributed by atoms with van der Waals surface area (Å²) in [5.41, 5.74) is 7.56. The monoisotopic (exact) mass is 308 g/mol. The number of para-hydroxylation sites is 1. The molecule has 0 saturated carbocycles. The number of anilines is 2. The molecule has 0 bridgehead atoms. The van der Waals surface area contributed by atoms with Gasteiger partial charge in [0.2, 0.25) is 0 Å². The molecule has 2 rings (SSSR count). The Bertz CT molecular complexity index is 557. The minimum absolute atomic E-state index is 0.0478. The maximum absolute atomic E-state index is 13.3. The largest absolute Gasteiger partial charge is 0.395 e. The van der Waals surface area contributed by atoms with Gasteiger partial charge in [0.25, 0.3) is 0 Å². The lowest BCUT2D eigenvalue weighted by Crippen LogP contribution is -2.09. The fraction of sp³-hybridized carbons (Fsp3) is 0.143. The lowest BCUT2D eigenvalue weighted by Gasteiger charge is -2.17. The molecule has 1 unspecified atom stereocenters. The highest BCUT2D eigenvalue weighted by molar-refractivity contribution is 9.10. The van der Waals surface area contributed by atoms with Gasteiger partial charge in [0.15, 0.2) is 0 Å². The summed E-state index contributed by atoms with van der Waals surface area (Å²) in [5.74, 6) is -0.401. The van der Waals surface area contributed by atoms with Crippen LogP contribution in [0, 0.1) is 5.82 Å². The van der Waals surface area contributed by atoms with Gasteiger partial charge in [0, 0.05) is 10.5 Å². The van der Waals surface area contributed by atoms with E-state index >= 15 is 0 Å². The van der Waals surface area contributed by atoms with Gasteiger partial charge in [-0.2, -0.15) is 0 Å². The van der Waals surface area contributed by atoms with Crippen molar-refractivity contribution in [2.45, 2.75) is 13.0 Å². The molecule has 0 fully saturated rings. The molecule has 2 aromatic carbocycles. The predicted molar refractivity (Wildman–Crippen MR) is 77.0 cm³/mol. The molecule has 4 heteroatoms. The zero-order valence-electron chi connectivity index (χ0n) is 9.95. The van der Waals surface area contributed by atoms with Crippen molar-refractivity contribution in [1.29, 1.82) is 0 Å². The van der Waals surface area contributed by atoms with Crippen LogP contribution < -0.4 is 11.1 Å². The van der Waals surface area contributed by atoms with Crippen molar-refractivity contribution in [1.82, 2.24) is 0 Å². The normalized spacial score (nSPS) is 12.2. The van der Waals surface area contributed by atoms with Crippen LogP contribution in [0.15, 0.2) is 46.9 Å². The van der Waals surface area contributed by atoms with Crippen LogP contribution in [0.4, 0.5) is 15.8 Å². The van der Waals surface area contributed by atoms with Crippen LogP contribution in [-0.2, 0) is 0 Å². The van der Waals surface area contributed by atoms with Crippen molar-refractivity contribution in [2.24, 2.45) is 0 Å². The summed E-state index contributed by atoms with van der Waals surface area (Å²) in [6.07, 6.45) is 0. The van der Waals surface area contributed by atoms with Crippen molar-refractivity contribution in [3.05, 3.63) is 58.3 Å². The second-order valence-corrected chi connectivity index (χ2v) is 5.04. The van der Waals surface area contributed by atoms with E-state index in [4.69, 9.17) is 5.73 Å². The van der Waals surface area contributed by atoms with Crippen LogP contribution in [0.1, 0.15) is 18.5 Å². The summed E-state index contributed by atoms with van der Waals surface area (Å²) in [6.45, 7) is 2.01. The number of rotatable bonds is 3. The third kappa shape index (κ3) is 2.82. The molecule has 0 aliphatic carbocycles. The zero-order chi connectivity index (χ0) is 13.1. The summed E-state index contributed by atoms with van der Waals surface area (Å²) >= 11 is 3.43. The second kappa shape index (κ2) is 5.40. The maximum atomic E-state index is 13.3. The van der Waals surface area contributed by atoms with E-state index in [2.05, 4.69) is 21.2 Å². The molecule has 18 heavy (non-hydrogen) atoms. The topological polar surface area (TPSA) is 38.0 Å². The zero-order valence-corrected chi connectivity index (χ0v) is 11.5. The number of hydrogen-bond donors (Lipinski definition) is 2. The van der Waals surface area contributed by atoms with Crippen molar-refractivity contribution >= 4 is 27.3 Å². The lowest BCUT2D eigenvalue weighted by molar-refractivity contribution is 0.632. The van der Waals surface area contributed by atoms with Gasteiger partial charge in [0.05, 0.1) is 11.4 Å². The van der Waals surface area contributed by atoms with Crippen molar-refractivity contribution in [3.63, 3.8) is 0 Å². The van der Waals surface area contributed by atoms with Crippen molar-refractivity contribution < 1.29 is 4.39 Å². The van der Waals surface area contributed by atoms with Gasteiger partial charge >= 0.3 is 0 Å². The molecule has 0 aliphatic heterocycles. The van der Waals surface area contributed by atoms with E-state index in [9.17, 15) is 4.39 Å². The molecule has 0 heterocycles. The highest BCUT2D eigenvalue weighted by Crippen LogP contribution is 2.27. The standard InChI is InChI=1S/C14H14BrFN2/c1-9(10-4-2-5-11(15)8-10)18-13-7-3-6-12(16)14(13)17/h2-9,18H,17H2,1H3.